The molecule has 1 aromatic heterocycles. The molecule has 1 aromatic rings. The number of hydrogen-bond donors (Lipinski definition) is 3. The van der Waals surface area contributed by atoms with Crippen molar-refractivity contribution in [2.75, 3.05) is 13.1 Å². The summed E-state index contributed by atoms with van der Waals surface area (Å²) < 4.78 is 26.2. The van der Waals surface area contributed by atoms with Crippen LogP contribution in [0.4, 0.5) is 0 Å². The molecule has 106 valence electrons. The van der Waals surface area contributed by atoms with E-state index in [9.17, 15) is 13.2 Å². The standard InChI is InChI=1S/C11H16N2O4S2/c14-11(15)9-4-5-10(18-9)19(16,17)13-7-1-6-12-8-2-3-8/h4-5,8,12-13H,1-3,6-7H2,(H,14,15). The molecule has 0 unspecified atom stereocenters. The molecule has 1 aliphatic rings. The van der Waals surface area contributed by atoms with Crippen LogP contribution in [-0.4, -0.2) is 38.6 Å². The van der Waals surface area contributed by atoms with Crippen LogP contribution in [0.25, 0.3) is 0 Å². The number of carboxylic acid groups (broad SMARTS) is 1. The molecular weight excluding hydrogens is 288 g/mol. The topological polar surface area (TPSA) is 95.5 Å². The second-order valence-corrected chi connectivity index (χ2v) is 7.48. The number of carbonyl (C=O) groups is 1. The Morgan fingerprint density at radius 2 is 2.11 bits per heavy atom. The lowest BCUT2D eigenvalue weighted by atomic mass is 10.4. The fourth-order valence-electron chi connectivity index (χ4n) is 1.54. The van der Waals surface area contributed by atoms with E-state index >= 15 is 0 Å². The molecule has 0 aliphatic heterocycles. The predicted octanol–water partition coefficient (Wildman–Crippen LogP) is 0.867. The average molecular weight is 304 g/mol. The molecule has 0 bridgehead atoms. The molecule has 6 nitrogen and oxygen atoms in total. The smallest absolute Gasteiger partial charge is 0.345 e. The van der Waals surface area contributed by atoms with E-state index < -0.39 is 16.0 Å². The van der Waals surface area contributed by atoms with Crippen molar-refractivity contribution in [3.8, 4) is 0 Å². The van der Waals surface area contributed by atoms with Gasteiger partial charge in [-0.05, 0) is 37.9 Å². The number of sulfonamides is 1. The minimum absolute atomic E-state index is 0.0239. The highest BCUT2D eigenvalue weighted by Gasteiger charge is 2.20. The first-order chi connectivity index (χ1) is 8.99. The summed E-state index contributed by atoms with van der Waals surface area (Å²) in [5, 5.41) is 12.0. The van der Waals surface area contributed by atoms with Gasteiger partial charge in [0, 0.05) is 12.6 Å². The van der Waals surface area contributed by atoms with Crippen LogP contribution in [0, 0.1) is 0 Å². The van der Waals surface area contributed by atoms with Crippen LogP contribution in [-0.2, 0) is 10.0 Å². The van der Waals surface area contributed by atoms with Crippen molar-refractivity contribution in [3.63, 3.8) is 0 Å². The van der Waals surface area contributed by atoms with Crippen LogP contribution in [0.5, 0.6) is 0 Å². The highest BCUT2D eigenvalue weighted by atomic mass is 32.2. The molecule has 1 heterocycles. The zero-order chi connectivity index (χ0) is 13.9. The Morgan fingerprint density at radius 3 is 2.68 bits per heavy atom. The highest BCUT2D eigenvalue weighted by Crippen LogP contribution is 2.21. The van der Waals surface area contributed by atoms with Gasteiger partial charge >= 0.3 is 5.97 Å². The Morgan fingerprint density at radius 1 is 1.37 bits per heavy atom. The van der Waals surface area contributed by atoms with Crippen LogP contribution >= 0.6 is 11.3 Å². The molecule has 3 N–H and O–H groups in total. The Hall–Kier alpha value is -0.960. The third kappa shape index (κ3) is 4.27. The molecule has 8 heteroatoms. The zero-order valence-electron chi connectivity index (χ0n) is 10.3. The normalized spacial score (nSPS) is 15.6. The summed E-state index contributed by atoms with van der Waals surface area (Å²) in [4.78, 5) is 10.7. The van der Waals surface area contributed by atoms with Crippen LogP contribution in [0.2, 0.25) is 0 Å². The van der Waals surface area contributed by atoms with Crippen molar-refractivity contribution in [3.05, 3.63) is 17.0 Å². The van der Waals surface area contributed by atoms with Crippen molar-refractivity contribution >= 4 is 27.3 Å². The van der Waals surface area contributed by atoms with E-state index in [0.29, 0.717) is 19.0 Å². The number of thiophene rings is 1. The van der Waals surface area contributed by atoms with Crippen LogP contribution < -0.4 is 10.0 Å². The van der Waals surface area contributed by atoms with Gasteiger partial charge in [-0.1, -0.05) is 0 Å². The first-order valence-electron chi connectivity index (χ1n) is 6.05. The van der Waals surface area contributed by atoms with Crippen molar-refractivity contribution in [2.24, 2.45) is 0 Å². The van der Waals surface area contributed by atoms with Crippen molar-refractivity contribution in [2.45, 2.75) is 29.5 Å². The van der Waals surface area contributed by atoms with E-state index in [-0.39, 0.29) is 9.09 Å². The van der Waals surface area contributed by atoms with E-state index in [1.807, 2.05) is 0 Å². The van der Waals surface area contributed by atoms with Gasteiger partial charge < -0.3 is 10.4 Å². The lowest BCUT2D eigenvalue weighted by Gasteiger charge is -2.05. The van der Waals surface area contributed by atoms with Crippen LogP contribution in [0.3, 0.4) is 0 Å². The maximum absolute atomic E-state index is 11.9. The Kier molecular flexibility index (Phi) is 4.56. The summed E-state index contributed by atoms with van der Waals surface area (Å²) in [5.41, 5.74) is 0. The molecule has 2 rings (SSSR count). The summed E-state index contributed by atoms with van der Waals surface area (Å²) in [6, 6.07) is 3.24. The molecule has 1 saturated carbocycles. The summed E-state index contributed by atoms with van der Waals surface area (Å²) in [5.74, 6) is -1.11. The molecule has 1 aliphatic carbocycles. The number of carboxylic acids is 1. The monoisotopic (exact) mass is 304 g/mol. The van der Waals surface area contributed by atoms with Crippen molar-refractivity contribution in [1.82, 2.24) is 10.0 Å². The molecule has 0 aromatic carbocycles. The van der Waals surface area contributed by atoms with Gasteiger partial charge in [-0.25, -0.2) is 17.9 Å². The lowest BCUT2D eigenvalue weighted by molar-refractivity contribution is 0.0702. The number of aromatic carboxylic acids is 1. The molecular formula is C11H16N2O4S2. The zero-order valence-corrected chi connectivity index (χ0v) is 11.9. The van der Waals surface area contributed by atoms with Gasteiger partial charge in [-0.3, -0.25) is 0 Å². The van der Waals surface area contributed by atoms with Gasteiger partial charge in [0.15, 0.2) is 0 Å². The summed E-state index contributed by atoms with van der Waals surface area (Å²) >= 11 is 0.761. The molecule has 0 atom stereocenters. The maximum atomic E-state index is 11.9. The summed E-state index contributed by atoms with van der Waals surface area (Å²) in [6.45, 7) is 1.14. The fraction of sp³-hybridized carbons (Fsp3) is 0.545. The van der Waals surface area contributed by atoms with E-state index in [2.05, 4.69) is 10.0 Å². The second-order valence-electron chi connectivity index (χ2n) is 4.40. The minimum Gasteiger partial charge on any atom is -0.477 e. The van der Waals surface area contributed by atoms with E-state index in [1.54, 1.807) is 0 Å². The third-order valence-corrected chi connectivity index (χ3v) is 5.74. The van der Waals surface area contributed by atoms with Crippen molar-refractivity contribution in [1.29, 1.82) is 0 Å². The van der Waals surface area contributed by atoms with Gasteiger partial charge in [0.25, 0.3) is 0 Å². The fourth-order valence-corrected chi connectivity index (χ4v) is 3.80. The van der Waals surface area contributed by atoms with Gasteiger partial charge in [-0.15, -0.1) is 11.3 Å². The van der Waals surface area contributed by atoms with Gasteiger partial charge in [0.2, 0.25) is 10.0 Å². The number of rotatable bonds is 8. The Labute approximate surface area is 115 Å². The first kappa shape index (κ1) is 14.4. The Bertz CT molecular complexity index is 549. The third-order valence-electron chi connectivity index (χ3n) is 2.71. The summed E-state index contributed by atoms with van der Waals surface area (Å²) in [6.07, 6.45) is 3.13. The molecule has 0 spiro atoms. The summed E-state index contributed by atoms with van der Waals surface area (Å²) in [7, 11) is -3.58. The molecule has 0 amide bonds. The predicted molar refractivity (Wildman–Crippen MR) is 72.1 cm³/mol. The molecule has 1 fully saturated rings. The lowest BCUT2D eigenvalue weighted by Crippen LogP contribution is -2.27. The van der Waals surface area contributed by atoms with E-state index in [0.717, 1.165) is 17.9 Å². The molecule has 19 heavy (non-hydrogen) atoms. The van der Waals surface area contributed by atoms with E-state index in [1.165, 1.54) is 25.0 Å². The number of nitrogens with one attached hydrogen (secondary N) is 2. The van der Waals surface area contributed by atoms with Crippen LogP contribution in [0.15, 0.2) is 16.3 Å². The highest BCUT2D eigenvalue weighted by molar-refractivity contribution is 7.91. The first-order valence-corrected chi connectivity index (χ1v) is 8.35. The molecule has 0 saturated heterocycles. The molecule has 0 radical (unpaired) electrons. The maximum Gasteiger partial charge on any atom is 0.345 e. The quantitative estimate of drug-likeness (QED) is 0.619. The van der Waals surface area contributed by atoms with Gasteiger partial charge in [0.05, 0.1) is 0 Å². The largest absolute Gasteiger partial charge is 0.477 e. The van der Waals surface area contributed by atoms with Crippen molar-refractivity contribution < 1.29 is 18.3 Å². The SMILES string of the molecule is O=C(O)c1ccc(S(=O)(=O)NCCCNC2CC2)s1. The van der Waals surface area contributed by atoms with Gasteiger partial charge in [-0.2, -0.15) is 0 Å². The van der Waals surface area contributed by atoms with Gasteiger partial charge in [0.1, 0.15) is 9.09 Å². The minimum atomic E-state index is -3.58. The Balaban J connectivity index is 1.80. The van der Waals surface area contributed by atoms with Crippen LogP contribution in [0.1, 0.15) is 28.9 Å². The second kappa shape index (κ2) is 6.00. The van der Waals surface area contributed by atoms with E-state index in [4.69, 9.17) is 5.11 Å². The number of hydrogen-bond acceptors (Lipinski definition) is 5. The average Bonchev–Trinajstić information content (AvgIpc) is 3.01.